The van der Waals surface area contributed by atoms with E-state index in [9.17, 15) is 19.2 Å². The lowest BCUT2D eigenvalue weighted by molar-refractivity contribution is -0.137. The van der Waals surface area contributed by atoms with Gasteiger partial charge in [0, 0.05) is 13.5 Å². The molecule has 1 aliphatic rings. The molecule has 0 heterocycles. The standard InChI is InChI=1S/C20H37N7O4/c1-12(2)15(16(21)29)26-17(30)14(8-7-11-24-19(22)23)25-18(31)20(27-13(3)28)9-5-4-6-10-20/h12,14-15H,4-11H2,1-3H3,(H2,21,29)(H,25,31)(H,26,30)(H,27,28)(H4,22,23,24)/t14-,15-/m0/s1. The molecule has 9 N–H and O–H groups in total. The SMILES string of the molecule is CC(=O)NC1(C(=O)N[C@@H](CCCNC(=N)N)C(=O)N[C@H](C(N)=O)C(C)C)CCCCC1. The van der Waals surface area contributed by atoms with Crippen molar-refractivity contribution >= 4 is 29.6 Å². The average Bonchev–Trinajstić information content (AvgIpc) is 2.67. The fourth-order valence-corrected chi connectivity index (χ4v) is 3.82. The third-order valence-corrected chi connectivity index (χ3v) is 5.43. The Kier molecular flexibility index (Phi) is 10.2. The fourth-order valence-electron chi connectivity index (χ4n) is 3.82. The van der Waals surface area contributed by atoms with E-state index >= 15 is 0 Å². The van der Waals surface area contributed by atoms with Gasteiger partial charge in [0.05, 0.1) is 0 Å². The Morgan fingerprint density at radius 2 is 1.65 bits per heavy atom. The predicted molar refractivity (Wildman–Crippen MR) is 117 cm³/mol. The number of primary amides is 1. The molecule has 4 amide bonds. The monoisotopic (exact) mass is 439 g/mol. The lowest BCUT2D eigenvalue weighted by atomic mass is 9.80. The summed E-state index contributed by atoms with van der Waals surface area (Å²) in [6.45, 7) is 5.22. The van der Waals surface area contributed by atoms with Gasteiger partial charge in [-0.15, -0.1) is 0 Å². The predicted octanol–water partition coefficient (Wildman–Crippen LogP) is -0.800. The van der Waals surface area contributed by atoms with Crippen LogP contribution in [0, 0.1) is 11.3 Å². The number of guanidine groups is 1. The van der Waals surface area contributed by atoms with E-state index in [1.54, 1.807) is 13.8 Å². The van der Waals surface area contributed by atoms with Gasteiger partial charge in [0.25, 0.3) is 0 Å². The maximum absolute atomic E-state index is 13.2. The molecule has 0 unspecified atom stereocenters. The van der Waals surface area contributed by atoms with Gasteiger partial charge < -0.3 is 32.7 Å². The van der Waals surface area contributed by atoms with Gasteiger partial charge in [0.15, 0.2) is 5.96 Å². The molecule has 0 aromatic rings. The van der Waals surface area contributed by atoms with Crippen molar-refractivity contribution in [2.45, 2.75) is 83.3 Å². The smallest absolute Gasteiger partial charge is 0.246 e. The number of rotatable bonds is 11. The summed E-state index contributed by atoms with van der Waals surface area (Å²) in [5, 5.41) is 18.1. The Balaban J connectivity index is 2.98. The summed E-state index contributed by atoms with van der Waals surface area (Å²) in [5.74, 6) is -2.32. The van der Waals surface area contributed by atoms with E-state index in [0.717, 1.165) is 19.3 Å². The summed E-state index contributed by atoms with van der Waals surface area (Å²) in [7, 11) is 0. The van der Waals surface area contributed by atoms with Crippen LogP contribution < -0.4 is 32.7 Å². The number of amides is 4. The number of carbonyl (C=O) groups is 4. The molecular weight excluding hydrogens is 402 g/mol. The quantitative estimate of drug-likeness (QED) is 0.125. The van der Waals surface area contributed by atoms with Crippen molar-refractivity contribution in [1.82, 2.24) is 21.3 Å². The van der Waals surface area contributed by atoms with Crippen molar-refractivity contribution in [3.05, 3.63) is 0 Å². The lowest BCUT2D eigenvalue weighted by Crippen LogP contribution is -2.63. The molecule has 0 bridgehead atoms. The Bertz CT molecular complexity index is 674. The first-order valence-corrected chi connectivity index (χ1v) is 10.8. The highest BCUT2D eigenvalue weighted by molar-refractivity contribution is 5.96. The van der Waals surface area contributed by atoms with Gasteiger partial charge in [-0.2, -0.15) is 0 Å². The molecule has 0 aliphatic heterocycles. The molecule has 176 valence electrons. The summed E-state index contributed by atoms with van der Waals surface area (Å²) in [6.07, 6.45) is 4.24. The molecule has 2 atom stereocenters. The summed E-state index contributed by atoms with van der Waals surface area (Å²) in [4.78, 5) is 49.6. The van der Waals surface area contributed by atoms with E-state index in [1.165, 1.54) is 6.92 Å². The van der Waals surface area contributed by atoms with Crippen LogP contribution >= 0.6 is 0 Å². The molecule has 0 radical (unpaired) electrons. The summed E-state index contributed by atoms with van der Waals surface area (Å²) >= 11 is 0. The van der Waals surface area contributed by atoms with Crippen LogP contribution in [0.5, 0.6) is 0 Å². The topological polar surface area (TPSA) is 192 Å². The molecule has 0 aromatic carbocycles. The highest BCUT2D eigenvalue weighted by Crippen LogP contribution is 2.28. The molecular formula is C20H37N7O4. The van der Waals surface area contributed by atoms with Crippen LogP contribution in [-0.4, -0.2) is 53.8 Å². The first-order chi connectivity index (χ1) is 14.5. The van der Waals surface area contributed by atoms with Gasteiger partial charge in [-0.1, -0.05) is 33.1 Å². The molecule has 31 heavy (non-hydrogen) atoms. The van der Waals surface area contributed by atoms with Gasteiger partial charge in [-0.05, 0) is 31.6 Å². The first-order valence-electron chi connectivity index (χ1n) is 10.8. The molecule has 11 heteroatoms. The second kappa shape index (κ2) is 12.1. The summed E-state index contributed by atoms with van der Waals surface area (Å²) in [5.41, 5.74) is 9.62. The highest BCUT2D eigenvalue weighted by atomic mass is 16.2. The minimum atomic E-state index is -1.05. The van der Waals surface area contributed by atoms with Crippen LogP contribution in [0.4, 0.5) is 0 Å². The van der Waals surface area contributed by atoms with Gasteiger partial charge >= 0.3 is 0 Å². The third kappa shape index (κ3) is 8.42. The zero-order valence-electron chi connectivity index (χ0n) is 18.7. The van der Waals surface area contributed by atoms with Crippen LogP contribution in [0.2, 0.25) is 0 Å². The number of nitrogens with one attached hydrogen (secondary N) is 5. The second-order valence-electron chi connectivity index (χ2n) is 8.47. The molecule has 11 nitrogen and oxygen atoms in total. The number of nitrogens with two attached hydrogens (primary N) is 2. The summed E-state index contributed by atoms with van der Waals surface area (Å²) in [6, 6.07) is -1.81. The Morgan fingerprint density at radius 1 is 1.03 bits per heavy atom. The van der Waals surface area contributed by atoms with Crippen molar-refractivity contribution in [1.29, 1.82) is 5.41 Å². The van der Waals surface area contributed by atoms with Crippen LogP contribution in [0.1, 0.15) is 65.7 Å². The maximum atomic E-state index is 13.2. The Labute approximate surface area is 183 Å². The summed E-state index contributed by atoms with van der Waals surface area (Å²) < 4.78 is 0. The zero-order valence-corrected chi connectivity index (χ0v) is 18.7. The van der Waals surface area contributed by atoms with Crippen LogP contribution in [0.25, 0.3) is 0 Å². The largest absolute Gasteiger partial charge is 0.370 e. The molecule has 0 aromatic heterocycles. The molecule has 0 spiro atoms. The zero-order chi connectivity index (χ0) is 23.6. The second-order valence-corrected chi connectivity index (χ2v) is 8.47. The van der Waals surface area contributed by atoms with E-state index in [0.29, 0.717) is 25.8 Å². The van der Waals surface area contributed by atoms with Crippen LogP contribution in [0.3, 0.4) is 0 Å². The lowest BCUT2D eigenvalue weighted by Gasteiger charge is -2.37. The minimum absolute atomic E-state index is 0.189. The van der Waals surface area contributed by atoms with E-state index in [-0.39, 0.29) is 24.2 Å². The first kappa shape index (κ1) is 26.2. The molecule has 0 saturated heterocycles. The van der Waals surface area contributed by atoms with Crippen LogP contribution in [-0.2, 0) is 19.2 Å². The van der Waals surface area contributed by atoms with E-state index in [4.69, 9.17) is 16.9 Å². The molecule has 1 fully saturated rings. The number of hydrogen-bond acceptors (Lipinski definition) is 5. The van der Waals surface area contributed by atoms with Crippen molar-refractivity contribution in [2.24, 2.45) is 17.4 Å². The number of carbonyl (C=O) groups excluding carboxylic acids is 4. The molecule has 1 aliphatic carbocycles. The maximum Gasteiger partial charge on any atom is 0.246 e. The average molecular weight is 440 g/mol. The molecule has 1 rings (SSSR count). The Hall–Kier alpha value is -2.85. The number of hydrogen-bond donors (Lipinski definition) is 7. The van der Waals surface area contributed by atoms with Crippen molar-refractivity contribution in [2.75, 3.05) is 6.54 Å². The van der Waals surface area contributed by atoms with Crippen molar-refractivity contribution in [3.8, 4) is 0 Å². The fraction of sp³-hybridized carbons (Fsp3) is 0.750. The third-order valence-electron chi connectivity index (χ3n) is 5.43. The van der Waals surface area contributed by atoms with Gasteiger partial charge in [-0.3, -0.25) is 24.6 Å². The van der Waals surface area contributed by atoms with Crippen LogP contribution in [0.15, 0.2) is 0 Å². The highest BCUT2D eigenvalue weighted by Gasteiger charge is 2.41. The van der Waals surface area contributed by atoms with Crippen molar-refractivity contribution < 1.29 is 19.2 Å². The van der Waals surface area contributed by atoms with E-state index in [2.05, 4.69) is 21.3 Å². The molecule has 1 saturated carbocycles. The van der Waals surface area contributed by atoms with Gasteiger partial charge in [0.2, 0.25) is 23.6 Å². The Morgan fingerprint density at radius 3 is 2.13 bits per heavy atom. The van der Waals surface area contributed by atoms with Gasteiger partial charge in [-0.25, -0.2) is 0 Å². The normalized spacial score (nSPS) is 17.2. The van der Waals surface area contributed by atoms with Crippen molar-refractivity contribution in [3.63, 3.8) is 0 Å². The van der Waals surface area contributed by atoms with E-state index < -0.39 is 35.3 Å². The van der Waals surface area contributed by atoms with Gasteiger partial charge in [0.1, 0.15) is 17.6 Å². The minimum Gasteiger partial charge on any atom is -0.370 e. The van der Waals surface area contributed by atoms with E-state index in [1.807, 2.05) is 0 Å².